The van der Waals surface area contributed by atoms with E-state index in [9.17, 15) is 9.59 Å². The molecule has 18 heavy (non-hydrogen) atoms. The number of cyclic esters (lactones) is 2. The molecule has 2 atom stereocenters. The standard InChI is InChI=1S/C14H22O3Si/c1-4-18(5-2,6-3)10-7-8-11-12(9-10)14(16)17-13(11)15/h7,11-12H,4-6,8-9H2,1-3H3/t11-,12+/m1/s1. The number of hydrogen-bond acceptors (Lipinski definition) is 3. The van der Waals surface area contributed by atoms with Gasteiger partial charge in [-0.1, -0.05) is 50.2 Å². The molecule has 1 aliphatic carbocycles. The highest BCUT2D eigenvalue weighted by Crippen LogP contribution is 2.42. The summed E-state index contributed by atoms with van der Waals surface area (Å²) < 4.78 is 4.77. The molecule has 3 nitrogen and oxygen atoms in total. The summed E-state index contributed by atoms with van der Waals surface area (Å²) in [7, 11) is -1.39. The fourth-order valence-corrected chi connectivity index (χ4v) is 7.58. The Morgan fingerprint density at radius 1 is 1.11 bits per heavy atom. The Morgan fingerprint density at radius 3 is 2.22 bits per heavy atom. The summed E-state index contributed by atoms with van der Waals surface area (Å²) in [5.74, 6) is -0.980. The van der Waals surface area contributed by atoms with E-state index in [1.165, 1.54) is 23.3 Å². The first-order chi connectivity index (χ1) is 8.57. The third-order valence-electron chi connectivity index (χ3n) is 5.06. The van der Waals surface area contributed by atoms with Gasteiger partial charge in [-0.25, -0.2) is 0 Å². The van der Waals surface area contributed by atoms with E-state index >= 15 is 0 Å². The van der Waals surface area contributed by atoms with Crippen LogP contribution in [0.2, 0.25) is 18.1 Å². The van der Waals surface area contributed by atoms with Crippen LogP contribution >= 0.6 is 0 Å². The third-order valence-corrected chi connectivity index (χ3v) is 10.9. The fraction of sp³-hybridized carbons (Fsp3) is 0.714. The maximum Gasteiger partial charge on any atom is 0.317 e. The molecule has 1 fully saturated rings. The Labute approximate surface area is 110 Å². The highest BCUT2D eigenvalue weighted by molar-refractivity contribution is 6.86. The lowest BCUT2D eigenvalue weighted by atomic mass is 9.85. The van der Waals surface area contributed by atoms with E-state index in [1.807, 2.05) is 0 Å². The predicted octanol–water partition coefficient (Wildman–Crippen LogP) is 3.07. The zero-order valence-corrected chi connectivity index (χ0v) is 12.5. The van der Waals surface area contributed by atoms with Crippen molar-refractivity contribution in [1.29, 1.82) is 0 Å². The first-order valence-electron chi connectivity index (χ1n) is 7.03. The second-order valence-corrected chi connectivity index (χ2v) is 10.8. The van der Waals surface area contributed by atoms with Crippen molar-refractivity contribution in [3.63, 3.8) is 0 Å². The van der Waals surface area contributed by atoms with Gasteiger partial charge in [0, 0.05) is 0 Å². The van der Waals surface area contributed by atoms with Crippen molar-refractivity contribution in [3.8, 4) is 0 Å². The molecule has 100 valence electrons. The van der Waals surface area contributed by atoms with E-state index in [2.05, 4.69) is 26.8 Å². The Hall–Kier alpha value is -0.903. The maximum absolute atomic E-state index is 11.7. The molecule has 0 N–H and O–H groups in total. The average molecular weight is 266 g/mol. The van der Waals surface area contributed by atoms with Gasteiger partial charge in [0.1, 0.15) is 0 Å². The van der Waals surface area contributed by atoms with E-state index in [1.54, 1.807) is 0 Å². The van der Waals surface area contributed by atoms with Crippen LogP contribution < -0.4 is 0 Å². The Morgan fingerprint density at radius 2 is 1.67 bits per heavy atom. The molecule has 0 saturated carbocycles. The molecule has 0 radical (unpaired) electrons. The zero-order chi connectivity index (χ0) is 13.3. The molecule has 0 unspecified atom stereocenters. The lowest BCUT2D eigenvalue weighted by Gasteiger charge is -2.35. The van der Waals surface area contributed by atoms with Crippen LogP contribution in [-0.4, -0.2) is 20.0 Å². The normalized spacial score (nSPS) is 27.8. The molecular weight excluding hydrogens is 244 g/mol. The highest BCUT2D eigenvalue weighted by Gasteiger charge is 2.48. The summed E-state index contributed by atoms with van der Waals surface area (Å²) in [6.07, 6.45) is 3.74. The van der Waals surface area contributed by atoms with Gasteiger partial charge >= 0.3 is 11.9 Å². The topological polar surface area (TPSA) is 43.4 Å². The molecule has 0 aromatic rings. The molecular formula is C14H22O3Si. The monoisotopic (exact) mass is 266 g/mol. The second kappa shape index (κ2) is 5.00. The van der Waals surface area contributed by atoms with Gasteiger partial charge in [0.25, 0.3) is 0 Å². The van der Waals surface area contributed by atoms with Gasteiger partial charge < -0.3 is 4.74 Å². The summed E-state index contributed by atoms with van der Waals surface area (Å²) in [5, 5.41) is 1.50. The van der Waals surface area contributed by atoms with Crippen molar-refractivity contribution in [2.24, 2.45) is 11.8 Å². The summed E-state index contributed by atoms with van der Waals surface area (Å²) >= 11 is 0. The van der Waals surface area contributed by atoms with Gasteiger partial charge in [-0.05, 0) is 12.8 Å². The van der Waals surface area contributed by atoms with Crippen LogP contribution in [0.4, 0.5) is 0 Å². The van der Waals surface area contributed by atoms with Crippen molar-refractivity contribution in [3.05, 3.63) is 11.3 Å². The van der Waals surface area contributed by atoms with Gasteiger partial charge in [0.05, 0.1) is 19.9 Å². The molecule has 0 bridgehead atoms. The fourth-order valence-electron chi connectivity index (χ4n) is 3.52. The largest absolute Gasteiger partial charge is 0.393 e. The maximum atomic E-state index is 11.7. The van der Waals surface area contributed by atoms with Crippen LogP contribution in [0.5, 0.6) is 0 Å². The van der Waals surface area contributed by atoms with Crippen LogP contribution in [0.25, 0.3) is 0 Å². The molecule has 2 rings (SSSR count). The van der Waals surface area contributed by atoms with E-state index in [-0.39, 0.29) is 23.8 Å². The molecule has 1 saturated heterocycles. The van der Waals surface area contributed by atoms with E-state index in [0.717, 1.165) is 6.42 Å². The number of carbonyl (C=O) groups is 2. The zero-order valence-electron chi connectivity index (χ0n) is 11.5. The van der Waals surface area contributed by atoms with Crippen LogP contribution in [-0.2, 0) is 14.3 Å². The minimum Gasteiger partial charge on any atom is -0.393 e. The van der Waals surface area contributed by atoms with Gasteiger partial charge in [0.15, 0.2) is 0 Å². The first-order valence-corrected chi connectivity index (χ1v) is 9.65. The molecule has 2 aliphatic rings. The Balaban J connectivity index is 2.25. The number of allylic oxidation sites excluding steroid dienone is 2. The number of fused-ring (bicyclic) bond motifs is 1. The summed E-state index contributed by atoms with van der Waals surface area (Å²) in [5.41, 5.74) is 0. The van der Waals surface area contributed by atoms with Crippen LogP contribution in [0.15, 0.2) is 11.3 Å². The molecule has 4 heteroatoms. The van der Waals surface area contributed by atoms with Gasteiger partial charge in [0.2, 0.25) is 0 Å². The minimum atomic E-state index is -1.39. The van der Waals surface area contributed by atoms with Crippen LogP contribution in [0, 0.1) is 11.8 Å². The van der Waals surface area contributed by atoms with Crippen molar-refractivity contribution in [2.75, 3.05) is 0 Å². The van der Waals surface area contributed by atoms with Crippen molar-refractivity contribution in [2.45, 2.75) is 51.7 Å². The molecule has 0 aromatic carbocycles. The molecule has 1 heterocycles. The van der Waals surface area contributed by atoms with E-state index in [4.69, 9.17) is 4.74 Å². The average Bonchev–Trinajstić information content (AvgIpc) is 2.68. The number of carbonyl (C=O) groups excluding carboxylic acids is 2. The Kier molecular flexibility index (Phi) is 3.75. The van der Waals surface area contributed by atoms with E-state index < -0.39 is 8.07 Å². The van der Waals surface area contributed by atoms with Crippen molar-refractivity contribution >= 4 is 20.0 Å². The number of hydrogen-bond donors (Lipinski definition) is 0. The third kappa shape index (κ3) is 1.96. The SMILES string of the molecule is CC[Si](CC)(CC)C1=CC[C@H]2C(=O)OC(=O)[C@H]2C1. The van der Waals surface area contributed by atoms with Crippen LogP contribution in [0.3, 0.4) is 0 Å². The van der Waals surface area contributed by atoms with Gasteiger partial charge in [-0.3, -0.25) is 9.59 Å². The summed E-state index contributed by atoms with van der Waals surface area (Å²) in [6.45, 7) is 6.80. The molecule has 0 aromatic heterocycles. The molecule has 1 aliphatic heterocycles. The van der Waals surface area contributed by atoms with E-state index in [0.29, 0.717) is 6.42 Å². The summed E-state index contributed by atoms with van der Waals surface area (Å²) in [4.78, 5) is 23.2. The number of rotatable bonds is 4. The quantitative estimate of drug-likeness (QED) is 0.446. The smallest absolute Gasteiger partial charge is 0.317 e. The number of ether oxygens (including phenoxy) is 1. The lowest BCUT2D eigenvalue weighted by molar-refractivity contribution is -0.153. The molecule has 0 amide bonds. The van der Waals surface area contributed by atoms with Gasteiger partial charge in [-0.2, -0.15) is 0 Å². The van der Waals surface area contributed by atoms with Crippen LogP contribution in [0.1, 0.15) is 33.6 Å². The Bertz CT molecular complexity index is 388. The number of esters is 2. The highest BCUT2D eigenvalue weighted by atomic mass is 28.3. The van der Waals surface area contributed by atoms with Gasteiger partial charge in [-0.15, -0.1) is 0 Å². The predicted molar refractivity (Wildman–Crippen MR) is 72.6 cm³/mol. The second-order valence-electron chi connectivity index (χ2n) is 5.46. The minimum absolute atomic E-state index is 0.186. The van der Waals surface area contributed by atoms with Crippen molar-refractivity contribution in [1.82, 2.24) is 0 Å². The first kappa shape index (κ1) is 13.5. The summed E-state index contributed by atoms with van der Waals surface area (Å²) in [6, 6.07) is 3.69. The molecule has 0 spiro atoms. The van der Waals surface area contributed by atoms with Crippen molar-refractivity contribution < 1.29 is 14.3 Å². The lowest BCUT2D eigenvalue weighted by Crippen LogP contribution is -2.38.